The smallest absolute Gasteiger partial charge is 0.0851 e. The van der Waals surface area contributed by atoms with Crippen molar-refractivity contribution in [2.24, 2.45) is 4.99 Å². The van der Waals surface area contributed by atoms with Gasteiger partial charge in [0.2, 0.25) is 0 Å². The second kappa shape index (κ2) is 3.53. The number of aliphatic imine (C=N–C) groups is 1. The van der Waals surface area contributed by atoms with Crippen molar-refractivity contribution in [2.75, 3.05) is 0 Å². The monoisotopic (exact) mass is 166 g/mol. The van der Waals surface area contributed by atoms with E-state index in [1.807, 2.05) is 26.0 Å². The molecule has 0 N–H and O–H groups in total. The maximum Gasteiger partial charge on any atom is 0.0851 e. The topological polar surface area (TPSA) is 25.2 Å². The number of pyridine rings is 1. The minimum absolute atomic E-state index is 0.751. The van der Waals surface area contributed by atoms with Crippen LogP contribution in [0.3, 0.4) is 0 Å². The molecule has 0 aliphatic heterocycles. The molecule has 0 saturated carbocycles. The third-order valence-corrected chi connectivity index (χ3v) is 1.36. The van der Waals surface area contributed by atoms with Crippen LogP contribution in [0.25, 0.3) is 0 Å². The minimum atomic E-state index is 0.751. The summed E-state index contributed by atoms with van der Waals surface area (Å²) in [6, 6.07) is 3.78. The lowest BCUT2D eigenvalue weighted by atomic mass is 10.3. The van der Waals surface area contributed by atoms with E-state index < -0.39 is 0 Å². The Morgan fingerprint density at radius 2 is 2.36 bits per heavy atom. The van der Waals surface area contributed by atoms with E-state index in [9.17, 15) is 0 Å². The molecule has 0 radical (unpaired) electrons. The normalized spacial score (nSPS) is 11.7. The highest BCUT2D eigenvalue weighted by molar-refractivity contribution is 7.96. The van der Waals surface area contributed by atoms with Crippen molar-refractivity contribution in [3.05, 3.63) is 24.0 Å². The molecule has 58 valence electrons. The zero-order chi connectivity index (χ0) is 8.27. The molecule has 0 amide bonds. The highest BCUT2D eigenvalue weighted by Gasteiger charge is 1.93. The maximum atomic E-state index is 4.18. The molecule has 3 heteroatoms. The first-order chi connectivity index (χ1) is 5.20. The Morgan fingerprint density at radius 1 is 1.64 bits per heavy atom. The fourth-order valence-corrected chi connectivity index (χ4v) is 0.876. The Labute approximate surface area is 71.8 Å². The summed E-state index contributed by atoms with van der Waals surface area (Å²) in [5.74, 6) is 0. The van der Waals surface area contributed by atoms with Crippen molar-refractivity contribution < 1.29 is 0 Å². The summed E-state index contributed by atoms with van der Waals surface area (Å²) < 4.78 is 0. The predicted molar refractivity (Wildman–Crippen MR) is 50.7 cm³/mol. The average molecular weight is 166 g/mol. The third kappa shape index (κ3) is 2.35. The van der Waals surface area contributed by atoms with Crippen LogP contribution < -0.4 is 0 Å². The summed E-state index contributed by atoms with van der Waals surface area (Å²) in [7, 11) is 0. The first-order valence-corrected chi connectivity index (χ1v) is 3.81. The second-order valence-corrected chi connectivity index (χ2v) is 2.91. The second-order valence-electron chi connectivity index (χ2n) is 2.27. The van der Waals surface area contributed by atoms with Crippen LogP contribution in [0.1, 0.15) is 12.6 Å². The lowest BCUT2D eigenvalue weighted by Crippen LogP contribution is -1.81. The van der Waals surface area contributed by atoms with Crippen molar-refractivity contribution in [3.63, 3.8) is 0 Å². The molecule has 1 aromatic rings. The van der Waals surface area contributed by atoms with Crippen LogP contribution in [0.15, 0.2) is 23.3 Å². The van der Waals surface area contributed by atoms with Gasteiger partial charge in [0, 0.05) is 6.20 Å². The zero-order valence-corrected chi connectivity index (χ0v) is 7.47. The molecular weight excluding hydrogens is 156 g/mol. The highest BCUT2D eigenvalue weighted by atomic mass is 32.1. The molecule has 1 aromatic heterocycles. The average Bonchev–Trinajstić information content (AvgIpc) is 1.93. The lowest BCUT2D eigenvalue weighted by molar-refractivity contribution is 1.19. The van der Waals surface area contributed by atoms with Crippen LogP contribution in [0.2, 0.25) is 0 Å². The summed E-state index contributed by atoms with van der Waals surface area (Å²) >= 11 is 4.08. The van der Waals surface area contributed by atoms with E-state index in [2.05, 4.69) is 22.6 Å². The number of aromatic nitrogens is 1. The predicted octanol–water partition coefficient (Wildman–Crippen LogP) is 2.37. The minimum Gasteiger partial charge on any atom is -0.259 e. The van der Waals surface area contributed by atoms with E-state index in [0.717, 1.165) is 16.4 Å². The van der Waals surface area contributed by atoms with Gasteiger partial charge in [-0.05, 0) is 26.0 Å². The van der Waals surface area contributed by atoms with E-state index >= 15 is 0 Å². The van der Waals surface area contributed by atoms with Gasteiger partial charge in [0.1, 0.15) is 0 Å². The fraction of sp³-hybridized carbons (Fsp3) is 0.250. The highest BCUT2D eigenvalue weighted by Crippen LogP contribution is 2.15. The summed E-state index contributed by atoms with van der Waals surface area (Å²) in [4.78, 5) is 8.27. The van der Waals surface area contributed by atoms with Crippen LogP contribution in [0.5, 0.6) is 0 Å². The molecule has 0 fully saturated rings. The number of aryl methyl sites for hydroxylation is 1. The largest absolute Gasteiger partial charge is 0.259 e. The van der Waals surface area contributed by atoms with Gasteiger partial charge in [0.25, 0.3) is 0 Å². The van der Waals surface area contributed by atoms with Gasteiger partial charge >= 0.3 is 0 Å². The van der Waals surface area contributed by atoms with Crippen LogP contribution in [-0.2, 0) is 0 Å². The molecule has 1 rings (SSSR count). The van der Waals surface area contributed by atoms with Crippen molar-refractivity contribution in [2.45, 2.75) is 13.8 Å². The van der Waals surface area contributed by atoms with Gasteiger partial charge in [-0.3, -0.25) is 4.98 Å². The van der Waals surface area contributed by atoms with Crippen molar-refractivity contribution in [1.82, 2.24) is 4.98 Å². The van der Waals surface area contributed by atoms with Gasteiger partial charge in [0.05, 0.1) is 16.4 Å². The van der Waals surface area contributed by atoms with E-state index in [1.54, 1.807) is 6.20 Å². The van der Waals surface area contributed by atoms with Gasteiger partial charge < -0.3 is 0 Å². The lowest BCUT2D eigenvalue weighted by Gasteiger charge is -1.96. The van der Waals surface area contributed by atoms with E-state index in [1.165, 1.54) is 0 Å². The zero-order valence-electron chi connectivity index (χ0n) is 6.57. The first-order valence-electron chi connectivity index (χ1n) is 3.36. The Morgan fingerprint density at radius 3 is 2.91 bits per heavy atom. The van der Waals surface area contributed by atoms with Gasteiger partial charge in [-0.2, -0.15) is 0 Å². The fourth-order valence-electron chi connectivity index (χ4n) is 0.768. The molecule has 2 nitrogen and oxygen atoms in total. The van der Waals surface area contributed by atoms with E-state index in [-0.39, 0.29) is 0 Å². The first kappa shape index (κ1) is 8.27. The van der Waals surface area contributed by atoms with Crippen molar-refractivity contribution in [3.8, 4) is 0 Å². The van der Waals surface area contributed by atoms with Crippen LogP contribution >= 0.6 is 12.6 Å². The molecule has 0 aliphatic rings. The van der Waals surface area contributed by atoms with Crippen LogP contribution in [0.4, 0.5) is 5.69 Å². The Hall–Kier alpha value is -0.830. The molecule has 0 unspecified atom stereocenters. The van der Waals surface area contributed by atoms with E-state index in [0.29, 0.717) is 0 Å². The third-order valence-electron chi connectivity index (χ3n) is 1.26. The maximum absolute atomic E-state index is 4.18. The Bertz CT molecular complexity index is 277. The number of nitrogens with zero attached hydrogens (tertiary/aromatic N) is 2. The molecular formula is C8H10N2S. The standard InChI is InChI=1S/C8H10N2S/c1-6-8(10-7(2)11)4-3-5-9-6/h3-5H,1-2H3,(H,10,11). The molecule has 0 bridgehead atoms. The number of rotatable bonds is 1. The van der Waals surface area contributed by atoms with Gasteiger partial charge in [-0.25, -0.2) is 4.99 Å². The molecule has 11 heavy (non-hydrogen) atoms. The molecule has 0 saturated heterocycles. The Kier molecular flexibility index (Phi) is 2.65. The molecule has 0 aromatic carbocycles. The SMILES string of the molecule is C/C(S)=N/c1cccnc1C. The molecule has 0 atom stereocenters. The molecule has 0 aliphatic carbocycles. The van der Waals surface area contributed by atoms with E-state index in [4.69, 9.17) is 0 Å². The van der Waals surface area contributed by atoms with Crippen LogP contribution in [-0.4, -0.2) is 10.0 Å². The summed E-state index contributed by atoms with van der Waals surface area (Å²) in [6.45, 7) is 3.77. The van der Waals surface area contributed by atoms with Gasteiger partial charge in [0.15, 0.2) is 0 Å². The van der Waals surface area contributed by atoms with Crippen LogP contribution in [0, 0.1) is 6.92 Å². The van der Waals surface area contributed by atoms with Crippen molar-refractivity contribution in [1.29, 1.82) is 0 Å². The quantitative estimate of drug-likeness (QED) is 0.387. The summed E-state index contributed by atoms with van der Waals surface area (Å²) in [5.41, 5.74) is 1.82. The summed E-state index contributed by atoms with van der Waals surface area (Å²) in [5, 5.41) is 0.751. The molecule has 0 spiro atoms. The van der Waals surface area contributed by atoms with Crippen molar-refractivity contribution >= 4 is 23.4 Å². The number of thiol groups is 1. The number of hydrogen-bond donors (Lipinski definition) is 1. The summed E-state index contributed by atoms with van der Waals surface area (Å²) in [6.07, 6.45) is 1.75. The van der Waals surface area contributed by atoms with Gasteiger partial charge in [-0.1, -0.05) is 0 Å². The molecule has 1 heterocycles. The van der Waals surface area contributed by atoms with Gasteiger partial charge in [-0.15, -0.1) is 12.6 Å². The Balaban J connectivity index is 3.04. The number of hydrogen-bond acceptors (Lipinski definition) is 2.